The maximum atomic E-state index is 5.81. The molecule has 1 aromatic carbocycles. The minimum absolute atomic E-state index is 0.442. The van der Waals surface area contributed by atoms with Crippen LogP contribution in [0.5, 0.6) is 5.75 Å². The Labute approximate surface area is 107 Å². The Morgan fingerprint density at radius 2 is 2.06 bits per heavy atom. The van der Waals surface area contributed by atoms with Gasteiger partial charge in [0.2, 0.25) is 0 Å². The lowest BCUT2D eigenvalue weighted by molar-refractivity contribution is 0.304. The van der Waals surface area contributed by atoms with Crippen molar-refractivity contribution >= 4 is 5.82 Å². The summed E-state index contributed by atoms with van der Waals surface area (Å²) in [4.78, 5) is 4.13. The molecule has 94 valence electrons. The van der Waals surface area contributed by atoms with E-state index >= 15 is 0 Å². The number of rotatable bonds is 4. The third-order valence-corrected chi connectivity index (χ3v) is 2.97. The monoisotopic (exact) mass is 243 g/mol. The van der Waals surface area contributed by atoms with Gasteiger partial charge in [-0.3, -0.25) is 0 Å². The molecule has 0 unspecified atom stereocenters. The summed E-state index contributed by atoms with van der Waals surface area (Å²) in [6.45, 7) is 4.56. The van der Waals surface area contributed by atoms with Crippen molar-refractivity contribution in [2.45, 2.75) is 20.5 Å². The van der Waals surface area contributed by atoms with E-state index in [4.69, 9.17) is 10.6 Å². The zero-order chi connectivity index (χ0) is 13.0. The number of nitrogen functional groups attached to an aromatic ring is 1. The van der Waals surface area contributed by atoms with Crippen LogP contribution in [0.1, 0.15) is 16.7 Å². The van der Waals surface area contributed by atoms with Crippen LogP contribution in [0.4, 0.5) is 5.82 Å². The molecule has 0 saturated carbocycles. The highest BCUT2D eigenvalue weighted by Gasteiger charge is 2.05. The maximum absolute atomic E-state index is 5.81. The highest BCUT2D eigenvalue weighted by atomic mass is 16.5. The van der Waals surface area contributed by atoms with E-state index in [1.165, 1.54) is 5.56 Å². The van der Waals surface area contributed by atoms with E-state index in [0.29, 0.717) is 12.4 Å². The fourth-order valence-electron chi connectivity index (χ4n) is 1.72. The normalized spacial score (nSPS) is 10.2. The van der Waals surface area contributed by atoms with E-state index in [9.17, 15) is 0 Å². The van der Waals surface area contributed by atoms with Crippen molar-refractivity contribution < 1.29 is 4.74 Å². The van der Waals surface area contributed by atoms with Crippen LogP contribution in [0.15, 0.2) is 36.5 Å². The van der Waals surface area contributed by atoms with Gasteiger partial charge in [-0.2, -0.15) is 0 Å². The largest absolute Gasteiger partial charge is 0.488 e. The van der Waals surface area contributed by atoms with Gasteiger partial charge < -0.3 is 10.2 Å². The van der Waals surface area contributed by atoms with Crippen molar-refractivity contribution in [1.82, 2.24) is 4.98 Å². The van der Waals surface area contributed by atoms with E-state index in [-0.39, 0.29) is 0 Å². The molecular formula is C14H17N3O. The van der Waals surface area contributed by atoms with Gasteiger partial charge in [-0.05, 0) is 37.1 Å². The molecule has 1 heterocycles. The van der Waals surface area contributed by atoms with Crippen LogP contribution >= 0.6 is 0 Å². The molecule has 0 bridgehead atoms. The average molecular weight is 243 g/mol. The number of pyridine rings is 1. The van der Waals surface area contributed by atoms with E-state index in [2.05, 4.69) is 30.3 Å². The molecule has 0 aliphatic heterocycles. The number of nitrogens with zero attached hydrogens (tertiary/aromatic N) is 1. The number of hydrazine groups is 1. The predicted octanol–water partition coefficient (Wildman–Crippen LogP) is 2.56. The first-order valence-corrected chi connectivity index (χ1v) is 5.82. The van der Waals surface area contributed by atoms with Crippen LogP contribution < -0.4 is 16.0 Å². The van der Waals surface area contributed by atoms with Gasteiger partial charge in [0.15, 0.2) is 0 Å². The number of benzene rings is 1. The topological polar surface area (TPSA) is 60.2 Å². The van der Waals surface area contributed by atoms with Gasteiger partial charge in [0, 0.05) is 11.8 Å². The molecule has 0 atom stereocenters. The maximum Gasteiger partial charge on any atom is 0.146 e. The van der Waals surface area contributed by atoms with Gasteiger partial charge in [0.05, 0.1) is 0 Å². The average Bonchev–Trinajstić information content (AvgIpc) is 2.41. The Kier molecular flexibility index (Phi) is 3.79. The fourth-order valence-corrected chi connectivity index (χ4v) is 1.72. The quantitative estimate of drug-likeness (QED) is 0.640. The van der Waals surface area contributed by atoms with E-state index in [1.54, 1.807) is 6.20 Å². The first kappa shape index (κ1) is 12.4. The van der Waals surface area contributed by atoms with Crippen molar-refractivity contribution in [3.63, 3.8) is 0 Å². The summed E-state index contributed by atoms with van der Waals surface area (Å²) >= 11 is 0. The molecule has 0 aliphatic carbocycles. The Balaban J connectivity index is 2.14. The van der Waals surface area contributed by atoms with Crippen LogP contribution in [0, 0.1) is 13.8 Å². The molecular weight excluding hydrogens is 226 g/mol. The van der Waals surface area contributed by atoms with Crippen molar-refractivity contribution in [3.8, 4) is 5.75 Å². The minimum atomic E-state index is 0.442. The molecule has 1 aromatic heterocycles. The molecule has 0 aliphatic rings. The number of hydrogen-bond acceptors (Lipinski definition) is 4. The SMILES string of the molecule is Cc1cccc(OCc2cccnc2NN)c1C. The van der Waals surface area contributed by atoms with Crippen LogP contribution in [0.25, 0.3) is 0 Å². The molecule has 2 rings (SSSR count). The van der Waals surface area contributed by atoms with E-state index in [0.717, 1.165) is 16.9 Å². The van der Waals surface area contributed by atoms with Crippen molar-refractivity contribution in [1.29, 1.82) is 0 Å². The zero-order valence-corrected chi connectivity index (χ0v) is 10.6. The molecule has 3 N–H and O–H groups in total. The van der Waals surface area contributed by atoms with Crippen LogP contribution in [-0.4, -0.2) is 4.98 Å². The predicted molar refractivity (Wildman–Crippen MR) is 72.3 cm³/mol. The third kappa shape index (κ3) is 2.60. The van der Waals surface area contributed by atoms with E-state index < -0.39 is 0 Å². The van der Waals surface area contributed by atoms with Crippen molar-refractivity contribution in [3.05, 3.63) is 53.2 Å². The molecule has 0 spiro atoms. The summed E-state index contributed by atoms with van der Waals surface area (Å²) in [6, 6.07) is 9.83. The number of ether oxygens (including phenoxy) is 1. The standard InChI is InChI=1S/C14H17N3O/c1-10-5-3-7-13(11(10)2)18-9-12-6-4-8-16-14(12)17-15/h3-8H,9,15H2,1-2H3,(H,16,17). The summed E-state index contributed by atoms with van der Waals surface area (Å²) in [5.74, 6) is 6.94. The molecule has 0 fully saturated rings. The lowest BCUT2D eigenvalue weighted by Crippen LogP contribution is -2.12. The highest BCUT2D eigenvalue weighted by Crippen LogP contribution is 2.22. The third-order valence-electron chi connectivity index (χ3n) is 2.97. The second-order valence-corrected chi connectivity index (χ2v) is 4.14. The molecule has 0 radical (unpaired) electrons. The summed E-state index contributed by atoms with van der Waals surface area (Å²) in [6.07, 6.45) is 1.69. The minimum Gasteiger partial charge on any atom is -0.488 e. The molecule has 18 heavy (non-hydrogen) atoms. The first-order chi connectivity index (χ1) is 8.72. The molecule has 4 heteroatoms. The molecule has 0 saturated heterocycles. The van der Waals surface area contributed by atoms with Crippen LogP contribution in [0.2, 0.25) is 0 Å². The fraction of sp³-hybridized carbons (Fsp3) is 0.214. The Bertz CT molecular complexity index is 540. The number of hydrogen-bond donors (Lipinski definition) is 2. The Hall–Kier alpha value is -2.07. The second-order valence-electron chi connectivity index (χ2n) is 4.14. The number of aryl methyl sites for hydroxylation is 1. The zero-order valence-electron chi connectivity index (χ0n) is 10.6. The number of nitrogens with two attached hydrogens (primary N) is 1. The first-order valence-electron chi connectivity index (χ1n) is 5.82. The van der Waals surface area contributed by atoms with Gasteiger partial charge >= 0.3 is 0 Å². The number of aromatic nitrogens is 1. The number of nitrogens with one attached hydrogen (secondary N) is 1. The van der Waals surface area contributed by atoms with Crippen molar-refractivity contribution in [2.24, 2.45) is 5.84 Å². The van der Waals surface area contributed by atoms with Gasteiger partial charge in [-0.15, -0.1) is 0 Å². The Morgan fingerprint density at radius 1 is 1.22 bits per heavy atom. The molecule has 4 nitrogen and oxygen atoms in total. The smallest absolute Gasteiger partial charge is 0.146 e. The summed E-state index contributed by atoms with van der Waals surface area (Å²) in [5.41, 5.74) is 5.87. The lowest BCUT2D eigenvalue weighted by Gasteiger charge is -2.12. The van der Waals surface area contributed by atoms with Gasteiger partial charge in [0.25, 0.3) is 0 Å². The summed E-state index contributed by atoms with van der Waals surface area (Å²) in [5, 5.41) is 0. The molecule has 2 aromatic rings. The second kappa shape index (κ2) is 5.51. The van der Waals surface area contributed by atoms with Gasteiger partial charge in [-0.1, -0.05) is 18.2 Å². The van der Waals surface area contributed by atoms with E-state index in [1.807, 2.05) is 24.3 Å². The lowest BCUT2D eigenvalue weighted by atomic mass is 10.1. The summed E-state index contributed by atoms with van der Waals surface area (Å²) < 4.78 is 5.81. The van der Waals surface area contributed by atoms with Crippen LogP contribution in [-0.2, 0) is 6.61 Å². The highest BCUT2D eigenvalue weighted by molar-refractivity contribution is 5.43. The van der Waals surface area contributed by atoms with Crippen LogP contribution in [0.3, 0.4) is 0 Å². The Morgan fingerprint density at radius 3 is 2.83 bits per heavy atom. The van der Waals surface area contributed by atoms with Gasteiger partial charge in [0.1, 0.15) is 18.2 Å². The molecule has 0 amide bonds. The summed E-state index contributed by atoms with van der Waals surface area (Å²) in [7, 11) is 0. The van der Waals surface area contributed by atoms with Crippen molar-refractivity contribution in [2.75, 3.05) is 5.43 Å². The number of anilines is 1. The van der Waals surface area contributed by atoms with Gasteiger partial charge in [-0.25, -0.2) is 10.8 Å².